The lowest BCUT2D eigenvalue weighted by atomic mass is 10.1. The number of benzene rings is 3. The van der Waals surface area contributed by atoms with Crippen LogP contribution in [0.25, 0.3) is 0 Å². The zero-order valence-corrected chi connectivity index (χ0v) is 18.8. The van der Waals surface area contributed by atoms with Gasteiger partial charge in [0.25, 0.3) is 0 Å². The zero-order chi connectivity index (χ0) is 24.6. The molecule has 8 heteroatoms. The van der Waals surface area contributed by atoms with E-state index in [1.54, 1.807) is 36.4 Å². The van der Waals surface area contributed by atoms with Gasteiger partial charge in [-0.05, 0) is 53.1 Å². The monoisotopic (exact) mass is 483 g/mol. The maximum absolute atomic E-state index is 13.3. The van der Waals surface area contributed by atoms with Crippen LogP contribution in [-0.2, 0) is 38.8 Å². The normalized spacial score (nSPS) is 21.7. The first-order valence-corrected chi connectivity index (χ1v) is 11.1. The molecule has 35 heavy (non-hydrogen) atoms. The van der Waals surface area contributed by atoms with Gasteiger partial charge in [0.2, 0.25) is 0 Å². The fraction of sp³-hybridized carbons (Fsp3) is 0.296. The molecular formula is C27H24F3NO4. The van der Waals surface area contributed by atoms with Gasteiger partial charge in [-0.3, -0.25) is 0 Å². The fourth-order valence-corrected chi connectivity index (χ4v) is 3.77. The number of nitriles is 1. The van der Waals surface area contributed by atoms with E-state index < -0.39 is 24.4 Å². The highest BCUT2D eigenvalue weighted by molar-refractivity contribution is 5.17. The molecule has 1 saturated heterocycles. The van der Waals surface area contributed by atoms with E-state index in [9.17, 15) is 18.4 Å². The van der Waals surface area contributed by atoms with Crippen molar-refractivity contribution in [2.75, 3.05) is 6.61 Å². The third kappa shape index (κ3) is 6.90. The van der Waals surface area contributed by atoms with E-state index in [1.165, 1.54) is 36.4 Å². The number of hydrogen-bond acceptors (Lipinski definition) is 5. The van der Waals surface area contributed by atoms with Crippen molar-refractivity contribution in [3.63, 3.8) is 0 Å². The Labute approximate surface area is 201 Å². The van der Waals surface area contributed by atoms with Gasteiger partial charge in [-0.2, -0.15) is 5.26 Å². The van der Waals surface area contributed by atoms with Crippen molar-refractivity contribution in [2.24, 2.45) is 0 Å². The SMILES string of the molecule is N#C[C@@H]1O[C@H](COCc2ccc(F)cc2)[C@@H](OCc2ccc(F)cc2)[C@H]1OCc1ccc(F)cc1. The molecule has 0 aliphatic carbocycles. The van der Waals surface area contributed by atoms with Gasteiger partial charge in [-0.25, -0.2) is 13.2 Å². The minimum absolute atomic E-state index is 0.111. The van der Waals surface area contributed by atoms with E-state index in [0.29, 0.717) is 0 Å². The largest absolute Gasteiger partial charge is 0.374 e. The van der Waals surface area contributed by atoms with Crippen LogP contribution in [0, 0.1) is 28.8 Å². The Morgan fingerprint density at radius 2 is 1.09 bits per heavy atom. The lowest BCUT2D eigenvalue weighted by Gasteiger charge is -2.24. The van der Waals surface area contributed by atoms with E-state index in [1.807, 2.05) is 0 Å². The highest BCUT2D eigenvalue weighted by Crippen LogP contribution is 2.29. The Bertz CT molecular complexity index is 1120. The standard InChI is InChI=1S/C27H24F3NO4/c28-21-7-1-18(2-8-21)14-32-17-25-27(34-16-20-5-11-23(30)12-6-20)26(24(13-31)35-25)33-15-19-3-9-22(29)10-4-19/h1-12,24-27H,14-17H2/t24-,25+,26-,27+/m0/s1. The molecule has 0 spiro atoms. The second kappa shape index (κ2) is 12.0. The Morgan fingerprint density at radius 3 is 1.54 bits per heavy atom. The maximum atomic E-state index is 13.3. The highest BCUT2D eigenvalue weighted by Gasteiger charge is 2.46. The summed E-state index contributed by atoms with van der Waals surface area (Å²) in [4.78, 5) is 0. The summed E-state index contributed by atoms with van der Waals surface area (Å²) in [6, 6.07) is 19.8. The summed E-state index contributed by atoms with van der Waals surface area (Å²) in [7, 11) is 0. The van der Waals surface area contributed by atoms with Crippen molar-refractivity contribution in [3.8, 4) is 6.07 Å². The molecule has 182 valence electrons. The molecule has 1 fully saturated rings. The average molecular weight is 483 g/mol. The van der Waals surface area contributed by atoms with Crippen LogP contribution >= 0.6 is 0 Å². The Balaban J connectivity index is 1.44. The lowest BCUT2D eigenvalue weighted by Crippen LogP contribution is -2.38. The number of ether oxygens (including phenoxy) is 4. The first-order valence-electron chi connectivity index (χ1n) is 11.1. The van der Waals surface area contributed by atoms with E-state index in [4.69, 9.17) is 18.9 Å². The molecule has 1 heterocycles. The van der Waals surface area contributed by atoms with Crippen molar-refractivity contribution in [2.45, 2.75) is 44.2 Å². The van der Waals surface area contributed by atoms with Crippen molar-refractivity contribution in [1.29, 1.82) is 5.26 Å². The van der Waals surface area contributed by atoms with Crippen molar-refractivity contribution < 1.29 is 32.1 Å². The molecule has 4 rings (SSSR count). The second-order valence-electron chi connectivity index (χ2n) is 8.17. The van der Waals surface area contributed by atoms with Gasteiger partial charge in [-0.15, -0.1) is 0 Å². The predicted molar refractivity (Wildman–Crippen MR) is 120 cm³/mol. The van der Waals surface area contributed by atoms with Gasteiger partial charge in [0, 0.05) is 0 Å². The van der Waals surface area contributed by atoms with Gasteiger partial charge in [0.1, 0.15) is 35.8 Å². The minimum Gasteiger partial charge on any atom is -0.374 e. The van der Waals surface area contributed by atoms with Gasteiger partial charge < -0.3 is 18.9 Å². The summed E-state index contributed by atoms with van der Waals surface area (Å²) in [6.07, 6.45) is -2.91. The van der Waals surface area contributed by atoms with E-state index in [2.05, 4.69) is 6.07 Å². The Kier molecular flexibility index (Phi) is 8.50. The van der Waals surface area contributed by atoms with Crippen LogP contribution in [0.3, 0.4) is 0 Å². The smallest absolute Gasteiger partial charge is 0.173 e. The molecule has 3 aromatic carbocycles. The first-order chi connectivity index (χ1) is 17.0. The molecule has 0 amide bonds. The van der Waals surface area contributed by atoms with Gasteiger partial charge in [-0.1, -0.05) is 36.4 Å². The van der Waals surface area contributed by atoms with Crippen molar-refractivity contribution in [1.82, 2.24) is 0 Å². The van der Waals surface area contributed by atoms with Crippen LogP contribution in [0.2, 0.25) is 0 Å². The van der Waals surface area contributed by atoms with E-state index >= 15 is 0 Å². The summed E-state index contributed by atoms with van der Waals surface area (Å²) in [5.41, 5.74) is 2.26. The van der Waals surface area contributed by atoms with Crippen LogP contribution in [-0.4, -0.2) is 31.0 Å². The molecule has 0 N–H and O–H groups in total. The molecule has 4 atom stereocenters. The number of halogens is 3. The van der Waals surface area contributed by atoms with Crippen LogP contribution in [0.1, 0.15) is 16.7 Å². The average Bonchev–Trinajstić information content (AvgIpc) is 3.21. The Morgan fingerprint density at radius 1 is 0.657 bits per heavy atom. The quantitative estimate of drug-likeness (QED) is 0.403. The highest BCUT2D eigenvalue weighted by atomic mass is 19.1. The van der Waals surface area contributed by atoms with Crippen LogP contribution in [0.4, 0.5) is 13.2 Å². The van der Waals surface area contributed by atoms with Crippen molar-refractivity contribution >= 4 is 0 Å². The molecule has 3 aromatic rings. The Hall–Kier alpha value is -3.22. The molecule has 1 aliphatic rings. The summed E-state index contributed by atoms with van der Waals surface area (Å²) in [5, 5.41) is 9.67. The third-order valence-electron chi connectivity index (χ3n) is 5.61. The number of nitrogens with zero attached hydrogens (tertiary/aromatic N) is 1. The van der Waals surface area contributed by atoms with Gasteiger partial charge in [0.05, 0.1) is 32.5 Å². The van der Waals surface area contributed by atoms with Crippen LogP contribution in [0.5, 0.6) is 0 Å². The molecule has 0 bridgehead atoms. The van der Waals surface area contributed by atoms with Crippen LogP contribution < -0.4 is 0 Å². The molecular weight excluding hydrogens is 459 g/mol. The number of hydrogen-bond donors (Lipinski definition) is 0. The molecule has 5 nitrogen and oxygen atoms in total. The molecule has 0 aromatic heterocycles. The maximum Gasteiger partial charge on any atom is 0.173 e. The first kappa shape index (κ1) is 24.9. The molecule has 0 unspecified atom stereocenters. The fourth-order valence-electron chi connectivity index (χ4n) is 3.77. The third-order valence-corrected chi connectivity index (χ3v) is 5.61. The van der Waals surface area contributed by atoms with E-state index in [-0.39, 0.29) is 43.9 Å². The predicted octanol–water partition coefficient (Wildman–Crippen LogP) is 5.08. The number of rotatable bonds is 10. The summed E-state index contributed by atoms with van der Waals surface area (Å²) in [6.45, 7) is 0.618. The molecule has 0 saturated carbocycles. The van der Waals surface area contributed by atoms with Crippen molar-refractivity contribution in [3.05, 3.63) is 107 Å². The van der Waals surface area contributed by atoms with Gasteiger partial charge in [0.15, 0.2) is 6.10 Å². The summed E-state index contributed by atoms with van der Waals surface area (Å²) < 4.78 is 63.4. The molecule has 0 radical (unpaired) electrons. The van der Waals surface area contributed by atoms with Crippen LogP contribution in [0.15, 0.2) is 72.8 Å². The minimum atomic E-state index is -0.909. The summed E-state index contributed by atoms with van der Waals surface area (Å²) in [5.74, 6) is -1.04. The zero-order valence-electron chi connectivity index (χ0n) is 18.8. The summed E-state index contributed by atoms with van der Waals surface area (Å²) >= 11 is 0. The van der Waals surface area contributed by atoms with E-state index in [0.717, 1.165) is 16.7 Å². The topological polar surface area (TPSA) is 60.7 Å². The second-order valence-corrected chi connectivity index (χ2v) is 8.17. The van der Waals surface area contributed by atoms with Gasteiger partial charge >= 0.3 is 0 Å². The lowest BCUT2D eigenvalue weighted by molar-refractivity contribution is -0.0896. The molecule has 1 aliphatic heterocycles.